The average molecular weight is 350 g/mol. The number of piperidine rings is 1. The van der Waals surface area contributed by atoms with Gasteiger partial charge in [-0.15, -0.1) is 0 Å². The fourth-order valence-corrected chi connectivity index (χ4v) is 3.94. The minimum atomic E-state index is -0.00284. The Morgan fingerprint density at radius 1 is 1.04 bits per heavy atom. The molecule has 0 saturated carbocycles. The SMILES string of the molecule is COc1ccccc1C(=O)N1CCC(N2Cc3ccccc3C2=O)CC1. The maximum absolute atomic E-state index is 12.8. The van der Waals surface area contributed by atoms with Crippen LogP contribution >= 0.6 is 0 Å². The summed E-state index contributed by atoms with van der Waals surface area (Å²) < 4.78 is 5.31. The third-order valence-corrected chi connectivity index (χ3v) is 5.38. The highest BCUT2D eigenvalue weighted by Gasteiger charge is 2.35. The molecule has 0 aliphatic carbocycles. The second kappa shape index (κ2) is 6.83. The molecular formula is C21H22N2O3. The maximum atomic E-state index is 12.8. The molecule has 0 radical (unpaired) electrons. The Hall–Kier alpha value is -2.82. The molecule has 2 aromatic carbocycles. The molecule has 4 rings (SSSR count). The van der Waals surface area contributed by atoms with E-state index in [2.05, 4.69) is 0 Å². The van der Waals surface area contributed by atoms with Crippen LogP contribution in [0.1, 0.15) is 39.1 Å². The standard InChI is InChI=1S/C21H22N2O3/c1-26-19-9-5-4-8-18(19)20(24)22-12-10-16(11-13-22)23-14-15-6-2-3-7-17(15)21(23)25/h2-9,16H,10-14H2,1H3. The van der Waals surface area contributed by atoms with Crippen LogP contribution in [0.25, 0.3) is 0 Å². The van der Waals surface area contributed by atoms with Gasteiger partial charge in [-0.05, 0) is 36.6 Å². The van der Waals surface area contributed by atoms with Gasteiger partial charge in [0.25, 0.3) is 11.8 Å². The Morgan fingerprint density at radius 2 is 1.73 bits per heavy atom. The van der Waals surface area contributed by atoms with Crippen molar-refractivity contribution in [2.24, 2.45) is 0 Å². The Kier molecular flexibility index (Phi) is 4.37. The van der Waals surface area contributed by atoms with Crippen LogP contribution in [0.5, 0.6) is 5.75 Å². The maximum Gasteiger partial charge on any atom is 0.257 e. The molecule has 0 unspecified atom stereocenters. The van der Waals surface area contributed by atoms with Crippen LogP contribution in [0.3, 0.4) is 0 Å². The van der Waals surface area contributed by atoms with Crippen LogP contribution in [-0.2, 0) is 6.54 Å². The Bertz CT molecular complexity index is 841. The molecule has 134 valence electrons. The first-order valence-electron chi connectivity index (χ1n) is 9.00. The molecule has 0 spiro atoms. The highest BCUT2D eigenvalue weighted by Crippen LogP contribution is 2.29. The third kappa shape index (κ3) is 2.83. The van der Waals surface area contributed by atoms with Crippen LogP contribution in [0.2, 0.25) is 0 Å². The van der Waals surface area contributed by atoms with Gasteiger partial charge in [0, 0.05) is 31.2 Å². The van der Waals surface area contributed by atoms with E-state index in [9.17, 15) is 9.59 Å². The largest absolute Gasteiger partial charge is 0.496 e. The van der Waals surface area contributed by atoms with Crippen LogP contribution in [-0.4, -0.2) is 47.9 Å². The predicted octanol–water partition coefficient (Wildman–Crippen LogP) is 2.96. The number of carbonyl (C=O) groups is 2. The number of hydrogen-bond donors (Lipinski definition) is 0. The van der Waals surface area contributed by atoms with Gasteiger partial charge in [0.2, 0.25) is 0 Å². The van der Waals surface area contributed by atoms with Gasteiger partial charge in [-0.3, -0.25) is 9.59 Å². The number of ether oxygens (including phenoxy) is 1. The summed E-state index contributed by atoms with van der Waals surface area (Å²) in [7, 11) is 1.58. The van der Waals surface area contributed by atoms with Gasteiger partial charge in [0.05, 0.1) is 12.7 Å². The number of benzene rings is 2. The highest BCUT2D eigenvalue weighted by molar-refractivity contribution is 5.99. The smallest absolute Gasteiger partial charge is 0.257 e. The first kappa shape index (κ1) is 16.6. The van der Waals surface area contributed by atoms with Crippen LogP contribution in [0, 0.1) is 0 Å². The quantitative estimate of drug-likeness (QED) is 0.855. The lowest BCUT2D eigenvalue weighted by atomic mass is 10.0. The summed E-state index contributed by atoms with van der Waals surface area (Å²) in [6.07, 6.45) is 1.61. The van der Waals surface area contributed by atoms with Crippen molar-refractivity contribution < 1.29 is 14.3 Å². The zero-order valence-corrected chi connectivity index (χ0v) is 14.9. The molecular weight excluding hydrogens is 328 g/mol. The fourth-order valence-electron chi connectivity index (χ4n) is 3.94. The number of carbonyl (C=O) groups excluding carboxylic acids is 2. The molecule has 5 nitrogen and oxygen atoms in total. The average Bonchev–Trinajstić information content (AvgIpc) is 3.04. The van der Waals surface area contributed by atoms with Gasteiger partial charge < -0.3 is 14.5 Å². The van der Waals surface area contributed by atoms with E-state index in [4.69, 9.17) is 4.74 Å². The Labute approximate surface area is 153 Å². The molecule has 2 heterocycles. The van der Waals surface area contributed by atoms with Crippen molar-refractivity contribution >= 4 is 11.8 Å². The van der Waals surface area contributed by atoms with Gasteiger partial charge in [-0.1, -0.05) is 30.3 Å². The number of likely N-dealkylation sites (tertiary alicyclic amines) is 1. The van der Waals surface area contributed by atoms with E-state index < -0.39 is 0 Å². The van der Waals surface area contributed by atoms with Crippen LogP contribution < -0.4 is 4.74 Å². The van der Waals surface area contributed by atoms with Crippen LogP contribution in [0.15, 0.2) is 48.5 Å². The van der Waals surface area contributed by atoms with Gasteiger partial charge >= 0.3 is 0 Å². The lowest BCUT2D eigenvalue weighted by Gasteiger charge is -2.36. The Balaban J connectivity index is 1.42. The molecule has 5 heteroatoms. The lowest BCUT2D eigenvalue weighted by molar-refractivity contribution is 0.0533. The molecule has 0 atom stereocenters. The monoisotopic (exact) mass is 350 g/mol. The molecule has 1 fully saturated rings. The summed E-state index contributed by atoms with van der Waals surface area (Å²) in [5.41, 5.74) is 2.52. The molecule has 0 N–H and O–H groups in total. The van der Waals surface area contributed by atoms with E-state index in [1.165, 1.54) is 0 Å². The van der Waals surface area contributed by atoms with Crippen molar-refractivity contribution in [1.29, 1.82) is 0 Å². The van der Waals surface area contributed by atoms with E-state index in [1.54, 1.807) is 19.2 Å². The van der Waals surface area contributed by atoms with Gasteiger partial charge in [-0.25, -0.2) is 0 Å². The third-order valence-electron chi connectivity index (χ3n) is 5.38. The summed E-state index contributed by atoms with van der Waals surface area (Å²) in [6.45, 7) is 1.99. The van der Waals surface area contributed by atoms with Crippen molar-refractivity contribution in [3.8, 4) is 5.75 Å². The van der Waals surface area contributed by atoms with E-state index in [0.717, 1.165) is 24.0 Å². The predicted molar refractivity (Wildman–Crippen MR) is 98.2 cm³/mol. The first-order valence-corrected chi connectivity index (χ1v) is 9.00. The van der Waals surface area contributed by atoms with Gasteiger partial charge in [0.15, 0.2) is 0 Å². The minimum Gasteiger partial charge on any atom is -0.496 e. The summed E-state index contributed by atoms with van der Waals surface area (Å²) in [4.78, 5) is 29.3. The van der Waals surface area contributed by atoms with E-state index in [-0.39, 0.29) is 17.9 Å². The normalized spacial score (nSPS) is 17.3. The second-order valence-electron chi connectivity index (χ2n) is 6.81. The van der Waals surface area contributed by atoms with Crippen molar-refractivity contribution in [3.05, 3.63) is 65.2 Å². The number of methoxy groups -OCH3 is 1. The van der Waals surface area contributed by atoms with E-state index in [0.29, 0.717) is 30.9 Å². The summed E-state index contributed by atoms with van der Waals surface area (Å²) in [6, 6.07) is 15.3. The van der Waals surface area contributed by atoms with Crippen molar-refractivity contribution in [3.63, 3.8) is 0 Å². The molecule has 1 saturated heterocycles. The number of rotatable bonds is 3. The molecule has 2 aromatic rings. The van der Waals surface area contributed by atoms with E-state index >= 15 is 0 Å². The van der Waals surface area contributed by atoms with E-state index in [1.807, 2.05) is 46.2 Å². The van der Waals surface area contributed by atoms with Gasteiger partial charge in [-0.2, -0.15) is 0 Å². The summed E-state index contributed by atoms with van der Waals surface area (Å²) >= 11 is 0. The summed E-state index contributed by atoms with van der Waals surface area (Å²) in [5, 5.41) is 0. The highest BCUT2D eigenvalue weighted by atomic mass is 16.5. The van der Waals surface area contributed by atoms with Crippen molar-refractivity contribution in [2.45, 2.75) is 25.4 Å². The lowest BCUT2D eigenvalue weighted by Crippen LogP contribution is -2.46. The van der Waals surface area contributed by atoms with Crippen molar-refractivity contribution in [2.75, 3.05) is 20.2 Å². The molecule has 2 aliphatic heterocycles. The number of fused-ring (bicyclic) bond motifs is 1. The van der Waals surface area contributed by atoms with Crippen LogP contribution in [0.4, 0.5) is 0 Å². The topological polar surface area (TPSA) is 49.9 Å². The Morgan fingerprint density at radius 3 is 2.46 bits per heavy atom. The molecule has 2 amide bonds. The van der Waals surface area contributed by atoms with Gasteiger partial charge in [0.1, 0.15) is 5.75 Å². The zero-order valence-electron chi connectivity index (χ0n) is 14.9. The number of para-hydroxylation sites is 1. The zero-order chi connectivity index (χ0) is 18.1. The number of amides is 2. The summed E-state index contributed by atoms with van der Waals surface area (Å²) in [5.74, 6) is 0.719. The second-order valence-corrected chi connectivity index (χ2v) is 6.81. The minimum absolute atomic E-state index is 0.00284. The molecule has 0 bridgehead atoms. The number of nitrogens with zero attached hydrogens (tertiary/aromatic N) is 2. The molecule has 0 aromatic heterocycles. The first-order chi connectivity index (χ1) is 12.7. The number of hydrogen-bond acceptors (Lipinski definition) is 3. The fraction of sp³-hybridized carbons (Fsp3) is 0.333. The van der Waals surface area contributed by atoms with Crippen molar-refractivity contribution in [1.82, 2.24) is 9.80 Å². The molecule has 2 aliphatic rings. The molecule has 26 heavy (non-hydrogen) atoms.